The quantitative estimate of drug-likeness (QED) is 0.0220. The first-order valence-corrected chi connectivity index (χ1v) is 26.4. The summed E-state index contributed by atoms with van der Waals surface area (Å²) in [6.45, 7) is -0.193. The summed E-state index contributed by atoms with van der Waals surface area (Å²) in [7, 11) is 0. The third-order valence-electron chi connectivity index (χ3n) is 15.0. The van der Waals surface area contributed by atoms with Crippen molar-refractivity contribution in [3.05, 3.63) is 214 Å². The zero-order valence-corrected chi connectivity index (χ0v) is 47.1. The molecule has 0 aliphatic heterocycles. The molecule has 15 nitrogen and oxygen atoms in total. The van der Waals surface area contributed by atoms with E-state index in [9.17, 15) is 82.1 Å². The van der Waals surface area contributed by atoms with Gasteiger partial charge in [-0.25, -0.2) is 0 Å². The van der Waals surface area contributed by atoms with Gasteiger partial charge in [0.15, 0.2) is 5.41 Å². The molecule has 33 heteroatoms. The highest BCUT2D eigenvalue weighted by Gasteiger charge is 2.74. The number of alkyl halides is 18. The molecule has 4 amide bonds. The number of aromatic hydroxyl groups is 5. The fraction of sp³-hybridized carbons (Fsp3) is 0.161. The number of phenols is 5. The molecule has 0 atom stereocenters. The van der Waals surface area contributed by atoms with Crippen LogP contribution in [0.15, 0.2) is 164 Å². The molecule has 0 heterocycles. The Hall–Kier alpha value is -11.0. The first kappa shape index (κ1) is 65.5. The number of halogens is 18. The lowest BCUT2D eigenvalue weighted by Gasteiger charge is -2.38. The van der Waals surface area contributed by atoms with Gasteiger partial charge in [-0.3, -0.25) is 19.2 Å². The number of nitrogens with two attached hydrogens (primary N) is 1. The first-order valence-electron chi connectivity index (χ1n) is 27.6. The number of carbonyl (C=O) groups is 4. The smallest absolute Gasteiger partial charge is 0.411 e. The molecule has 0 spiro atoms. The maximum atomic E-state index is 15.6. The van der Waals surface area contributed by atoms with Gasteiger partial charge in [0.05, 0.1) is 28.4 Å². The average molecular weight is 1360 g/mol. The van der Waals surface area contributed by atoms with E-state index in [1.807, 2.05) is 10.6 Å². The summed E-state index contributed by atoms with van der Waals surface area (Å²) < 4.78 is 294. The summed E-state index contributed by atoms with van der Waals surface area (Å²) in [5.74, 6) is -9.70. The van der Waals surface area contributed by atoms with Crippen LogP contribution in [0.3, 0.4) is 0 Å². The molecule has 0 bridgehead atoms. The van der Waals surface area contributed by atoms with E-state index in [0.29, 0.717) is 54.6 Å². The van der Waals surface area contributed by atoms with Gasteiger partial charge in [0.25, 0.3) is 27.9 Å². The number of ether oxygens (including phenoxy) is 1. The van der Waals surface area contributed by atoms with E-state index in [1.165, 1.54) is 0 Å². The Balaban J connectivity index is 0.999. The number of nitrogens with one attached hydrogen (secondary N) is 4. The van der Waals surface area contributed by atoms with Crippen LogP contribution in [0.25, 0.3) is 0 Å². The number of rotatable bonds is 18. The fourth-order valence-corrected chi connectivity index (χ4v) is 9.83. The Labute approximate surface area is 525 Å². The summed E-state index contributed by atoms with van der Waals surface area (Å²) >= 11 is 0. The lowest BCUT2D eigenvalue weighted by atomic mass is 9.72. The molecule has 8 rings (SSSR count). The topological polar surface area (TPSA) is 253 Å². The molecule has 0 saturated carbocycles. The van der Waals surface area contributed by atoms with Crippen LogP contribution in [-0.2, 0) is 16.2 Å². The lowest BCUT2D eigenvalue weighted by molar-refractivity contribution is -0.297. The molecule has 0 aliphatic rings. The van der Waals surface area contributed by atoms with Gasteiger partial charge in [-0.15, -0.1) is 0 Å². The minimum absolute atomic E-state index is 0.0728. The zero-order chi connectivity index (χ0) is 72.7. The van der Waals surface area contributed by atoms with Crippen LogP contribution < -0.4 is 31.7 Å². The second-order valence-corrected chi connectivity index (χ2v) is 20.8. The third-order valence-corrected chi connectivity index (χ3v) is 15.0. The second kappa shape index (κ2) is 24.8. The van der Waals surface area contributed by atoms with Crippen molar-refractivity contribution in [1.29, 1.82) is 4.29 Å². The van der Waals surface area contributed by atoms with Crippen molar-refractivity contribution < 1.29 is 128 Å². The second-order valence-electron chi connectivity index (χ2n) is 20.8. The van der Waals surface area contributed by atoms with Crippen molar-refractivity contribution in [2.75, 3.05) is 27.0 Å². The number of hydrogen-bond donors (Lipinski definition) is 10. The standard InChI is InChI=1S/C62H41F18N5O10/c1-54(57(63,64)65,58(66,67)68)33-9-19-46(87)41(25-33)84-52(93)31-3-2-4-32(23-31)53(94)85-44-28-37(13-22-49(44)90)56(61(75,76)77,62(78,79)80)36-12-21-48(89)43(27-36)83-51(92)30-7-16-39(17-8-30)95-38-14-5-29(6-15-38)50(91)82-42-26-35(11-20-47(42)88)55(59(69,70)71,60(72,73)74)34-10-18-45(86)40(81)24-34/h2-28,86-90H,81H2,1H3,(H,82,91)(H,83,92)(H,84,93)(H,85,94)/i/hD3. The molecule has 8 aromatic rings. The number of phenolic OH excluding ortho intramolecular Hbond substituents is 5. The molecule has 0 aromatic heterocycles. The van der Waals surface area contributed by atoms with Gasteiger partial charge in [-0.1, -0.05) is 36.4 Å². The Morgan fingerprint density at radius 3 is 0.958 bits per heavy atom. The van der Waals surface area contributed by atoms with Crippen LogP contribution in [0.1, 0.15) is 76.2 Å². The highest BCUT2D eigenvalue weighted by molar-refractivity contribution is 6.10. The molecule has 11 N–H and O–H groups in total. The van der Waals surface area contributed by atoms with Gasteiger partial charge >= 0.3 is 37.1 Å². The summed E-state index contributed by atoms with van der Waals surface area (Å²) in [6, 6.07) is 17.0. The van der Waals surface area contributed by atoms with Crippen molar-refractivity contribution in [2.45, 2.75) is 60.2 Å². The summed E-state index contributed by atoms with van der Waals surface area (Å²) in [5, 5.41) is 41.5. The van der Waals surface area contributed by atoms with Gasteiger partial charge in [0.1, 0.15) is 40.2 Å². The van der Waals surface area contributed by atoms with Gasteiger partial charge in [-0.05, 0) is 162 Å². The molecule has 95 heavy (non-hydrogen) atoms. The first-order chi connectivity index (χ1) is 45.5. The van der Waals surface area contributed by atoms with Crippen molar-refractivity contribution >= 4 is 52.1 Å². The van der Waals surface area contributed by atoms with E-state index in [0.717, 1.165) is 66.7 Å². The highest BCUT2D eigenvalue weighted by Crippen LogP contribution is 2.60. The van der Waals surface area contributed by atoms with Crippen LogP contribution >= 0.6 is 0 Å². The minimum Gasteiger partial charge on any atom is -0.506 e. The lowest BCUT2D eigenvalue weighted by Crippen LogP contribution is -2.54. The largest absolute Gasteiger partial charge is 0.506 e. The number of anilines is 5. The van der Waals surface area contributed by atoms with Gasteiger partial charge in [-0.2, -0.15) is 79.0 Å². The van der Waals surface area contributed by atoms with E-state index in [2.05, 4.69) is 26.0 Å². The Bertz CT molecular complexity index is 4320. The molecule has 0 aliphatic carbocycles. The number of nitrogen functional groups attached to an aromatic ring is 1. The fourth-order valence-electron chi connectivity index (χ4n) is 9.83. The SMILES string of the molecule is [2H]Oc1ccc(C(C)(C(F)(F)F)C(F)(F)F)cc1NC(=O)c1cccc(C(=O)Nc2cc(C(c3ccc(O[2H])c(NC(=O)c4ccc(Oc5ccc(C(=O)Nc6cc(C(c7ccc(O)c(N)c7)(C(F)(F)F)C(F)(F)F)ccc6O[2H])cc5)cc4)c3)(C(F)(F)F)C(F)(F)F)ccc2O)c1. The molecule has 500 valence electrons. The van der Waals surface area contributed by atoms with Crippen molar-refractivity contribution in [3.8, 4) is 40.2 Å². The number of carbonyl (C=O) groups excluding carboxylic acids is 4. The molecule has 0 radical (unpaired) electrons. The number of hydrogen-bond acceptors (Lipinski definition) is 11. The Morgan fingerprint density at radius 1 is 0.358 bits per heavy atom. The van der Waals surface area contributed by atoms with Crippen molar-refractivity contribution in [1.82, 2.24) is 0 Å². The summed E-state index contributed by atoms with van der Waals surface area (Å²) in [4.78, 5) is 54.0. The molecular formula is C62H41F18N5O10. The van der Waals surface area contributed by atoms with Gasteiger partial charge in [0.2, 0.25) is 10.8 Å². The molecule has 0 fully saturated rings. The number of amides is 4. The molecule has 0 unspecified atom stereocenters. The normalized spacial score (nSPS) is 13.1. The van der Waals surface area contributed by atoms with Gasteiger partial charge < -0.3 is 57.3 Å². The zero-order valence-electron chi connectivity index (χ0n) is 50.1. The Kier molecular flexibility index (Phi) is 17.1. The minimum atomic E-state index is -6.41. The predicted octanol–water partition coefficient (Wildman–Crippen LogP) is 15.8. The summed E-state index contributed by atoms with van der Waals surface area (Å²) in [6.07, 6.45) is -37.0. The predicted molar refractivity (Wildman–Crippen MR) is 301 cm³/mol. The summed E-state index contributed by atoms with van der Waals surface area (Å²) in [5.41, 5.74) is -23.5. The van der Waals surface area contributed by atoms with Crippen molar-refractivity contribution in [2.24, 2.45) is 0 Å². The van der Waals surface area contributed by atoms with Crippen molar-refractivity contribution in [3.63, 3.8) is 0 Å². The third kappa shape index (κ3) is 13.1. The van der Waals surface area contributed by atoms with E-state index in [-0.39, 0.29) is 72.0 Å². The molecule has 8 aromatic carbocycles. The maximum Gasteiger partial charge on any atom is 0.411 e. The number of benzene rings is 8. The molecule has 0 saturated heterocycles. The van der Waals surface area contributed by atoms with E-state index >= 15 is 26.3 Å². The van der Waals surface area contributed by atoms with Crippen LogP contribution in [0.2, 0.25) is 0 Å². The maximum absolute atomic E-state index is 15.6. The van der Waals surface area contributed by atoms with Crippen LogP contribution in [0, 0.1) is 0 Å². The monoisotopic (exact) mass is 1360 g/mol. The van der Waals surface area contributed by atoms with Crippen LogP contribution in [-0.4, -0.2) is 90.5 Å². The molecular weight excluding hydrogens is 1320 g/mol. The van der Waals surface area contributed by atoms with E-state index in [4.69, 9.17) is 14.8 Å². The van der Waals surface area contributed by atoms with Crippen LogP contribution in [0.4, 0.5) is 107 Å². The Morgan fingerprint density at radius 2 is 0.642 bits per heavy atom. The van der Waals surface area contributed by atoms with E-state index in [1.54, 1.807) is 0 Å². The van der Waals surface area contributed by atoms with E-state index < -0.39 is 173 Å². The van der Waals surface area contributed by atoms with Crippen LogP contribution in [0.5, 0.6) is 40.2 Å². The highest BCUT2D eigenvalue weighted by atomic mass is 19.4. The average Bonchev–Trinajstić information content (AvgIpc) is 0.731. The van der Waals surface area contributed by atoms with Gasteiger partial charge in [0, 0.05) is 22.3 Å².